The lowest BCUT2D eigenvalue weighted by molar-refractivity contribution is 0.0526. The molecule has 3 aromatic rings. The number of hydrogen-bond donors (Lipinski definition) is 2. The first-order valence-electron chi connectivity index (χ1n) is 8.79. The summed E-state index contributed by atoms with van der Waals surface area (Å²) >= 11 is 0. The van der Waals surface area contributed by atoms with Gasteiger partial charge >= 0.3 is 5.97 Å². The number of carbonyl (C=O) groups is 2. The van der Waals surface area contributed by atoms with Gasteiger partial charge in [0.05, 0.1) is 24.6 Å². The Kier molecular flexibility index (Phi) is 5.96. The maximum atomic E-state index is 12.3. The molecule has 0 bridgehead atoms. The van der Waals surface area contributed by atoms with Crippen molar-refractivity contribution in [2.45, 2.75) is 13.8 Å². The summed E-state index contributed by atoms with van der Waals surface area (Å²) in [5.74, 6) is -0.211. The van der Waals surface area contributed by atoms with E-state index in [4.69, 9.17) is 4.74 Å². The van der Waals surface area contributed by atoms with E-state index in [1.54, 1.807) is 31.2 Å². The molecule has 0 aliphatic carbocycles. The van der Waals surface area contributed by atoms with Crippen LogP contribution in [0.5, 0.6) is 0 Å². The molecule has 3 rings (SSSR count). The summed E-state index contributed by atoms with van der Waals surface area (Å²) in [6.07, 6.45) is 2.88. The minimum atomic E-state index is -0.363. The topological polar surface area (TPSA) is 93.2 Å². The lowest BCUT2D eigenvalue weighted by atomic mass is 10.2. The van der Waals surface area contributed by atoms with Gasteiger partial charge in [-0.1, -0.05) is 12.1 Å². The Labute approximate surface area is 162 Å². The van der Waals surface area contributed by atoms with Gasteiger partial charge in [-0.25, -0.2) is 14.8 Å². The minimum absolute atomic E-state index is 0.213. The van der Waals surface area contributed by atoms with Crippen LogP contribution in [0, 0.1) is 6.92 Å². The number of ether oxygens (including phenoxy) is 1. The minimum Gasteiger partial charge on any atom is -0.462 e. The Hall–Kier alpha value is -3.74. The number of nitrogens with one attached hydrogen (secondary N) is 2. The number of anilines is 3. The Balaban J connectivity index is 1.62. The maximum Gasteiger partial charge on any atom is 0.338 e. The highest BCUT2D eigenvalue weighted by Gasteiger charge is 2.09. The van der Waals surface area contributed by atoms with Gasteiger partial charge in [0.15, 0.2) is 0 Å². The number of carbonyl (C=O) groups excluding carboxylic acids is 2. The molecule has 142 valence electrons. The van der Waals surface area contributed by atoms with Crippen molar-refractivity contribution in [3.05, 3.63) is 77.7 Å². The number of hydrogen-bond acceptors (Lipinski definition) is 6. The van der Waals surface area contributed by atoms with Gasteiger partial charge in [0.1, 0.15) is 11.5 Å². The van der Waals surface area contributed by atoms with Gasteiger partial charge in [-0.05, 0) is 55.8 Å². The molecule has 28 heavy (non-hydrogen) atoms. The summed E-state index contributed by atoms with van der Waals surface area (Å²) in [6.45, 7) is 4.05. The van der Waals surface area contributed by atoms with Gasteiger partial charge in [0, 0.05) is 11.4 Å². The van der Waals surface area contributed by atoms with Gasteiger partial charge in [-0.15, -0.1) is 0 Å². The summed E-state index contributed by atoms with van der Waals surface area (Å²) < 4.78 is 4.95. The molecule has 0 unspecified atom stereocenters. The van der Waals surface area contributed by atoms with Crippen molar-refractivity contribution in [1.29, 1.82) is 0 Å². The highest BCUT2D eigenvalue weighted by molar-refractivity contribution is 6.02. The molecule has 0 saturated carbocycles. The van der Waals surface area contributed by atoms with E-state index >= 15 is 0 Å². The number of esters is 1. The van der Waals surface area contributed by atoms with Crippen molar-refractivity contribution >= 4 is 29.1 Å². The van der Waals surface area contributed by atoms with Gasteiger partial charge < -0.3 is 15.4 Å². The lowest BCUT2D eigenvalue weighted by Crippen LogP contribution is -2.14. The van der Waals surface area contributed by atoms with Gasteiger partial charge in [-0.2, -0.15) is 0 Å². The van der Waals surface area contributed by atoms with Crippen LogP contribution in [0.25, 0.3) is 0 Å². The maximum absolute atomic E-state index is 12.3. The molecule has 2 N–H and O–H groups in total. The van der Waals surface area contributed by atoms with Gasteiger partial charge in [0.25, 0.3) is 5.91 Å². The summed E-state index contributed by atoms with van der Waals surface area (Å²) in [7, 11) is 0. The molecule has 0 aliphatic rings. The van der Waals surface area contributed by atoms with E-state index in [0.29, 0.717) is 23.7 Å². The van der Waals surface area contributed by atoms with Gasteiger partial charge in [-0.3, -0.25) is 4.79 Å². The normalized spacial score (nSPS) is 10.2. The number of amides is 1. The number of rotatable bonds is 6. The first-order valence-corrected chi connectivity index (χ1v) is 8.79. The van der Waals surface area contributed by atoms with Crippen molar-refractivity contribution in [1.82, 2.24) is 9.97 Å². The molecule has 2 aromatic carbocycles. The molecular formula is C21H20N4O3. The van der Waals surface area contributed by atoms with Crippen molar-refractivity contribution in [2.75, 3.05) is 17.2 Å². The molecule has 0 aliphatic heterocycles. The fourth-order valence-corrected chi connectivity index (χ4v) is 2.48. The van der Waals surface area contributed by atoms with Crippen LogP contribution in [0.4, 0.5) is 17.2 Å². The standard InChI is InChI=1S/C21H20N4O3/c1-3-28-21(27)15-7-9-16(10-8-15)24-19-13-22-18(12-23-19)20(26)25-17-6-4-5-14(2)11-17/h4-13H,3H2,1-2H3,(H,23,24)(H,25,26). The smallest absolute Gasteiger partial charge is 0.338 e. The summed E-state index contributed by atoms with van der Waals surface area (Å²) in [5.41, 5.74) is 3.18. The Morgan fingerprint density at radius 2 is 1.79 bits per heavy atom. The average molecular weight is 376 g/mol. The second-order valence-corrected chi connectivity index (χ2v) is 6.03. The zero-order chi connectivity index (χ0) is 19.9. The van der Waals surface area contributed by atoms with E-state index in [1.807, 2.05) is 31.2 Å². The molecule has 1 heterocycles. The van der Waals surface area contributed by atoms with Crippen LogP contribution in [-0.2, 0) is 4.74 Å². The zero-order valence-electron chi connectivity index (χ0n) is 15.6. The molecule has 0 fully saturated rings. The average Bonchev–Trinajstić information content (AvgIpc) is 2.69. The van der Waals surface area contributed by atoms with E-state index in [-0.39, 0.29) is 17.6 Å². The second kappa shape index (κ2) is 8.77. The van der Waals surface area contributed by atoms with Crippen molar-refractivity contribution in [3.8, 4) is 0 Å². The molecule has 1 amide bonds. The predicted molar refractivity (Wildman–Crippen MR) is 107 cm³/mol. The fourth-order valence-electron chi connectivity index (χ4n) is 2.48. The lowest BCUT2D eigenvalue weighted by Gasteiger charge is -2.08. The van der Waals surface area contributed by atoms with Crippen molar-refractivity contribution in [3.63, 3.8) is 0 Å². The Morgan fingerprint density at radius 3 is 2.43 bits per heavy atom. The van der Waals surface area contributed by atoms with Crippen LogP contribution in [0.2, 0.25) is 0 Å². The van der Waals surface area contributed by atoms with E-state index < -0.39 is 0 Å². The molecule has 0 atom stereocenters. The Morgan fingerprint density at radius 1 is 1.00 bits per heavy atom. The quantitative estimate of drug-likeness (QED) is 0.633. The van der Waals surface area contributed by atoms with Crippen LogP contribution in [0.1, 0.15) is 33.3 Å². The van der Waals surface area contributed by atoms with E-state index in [2.05, 4.69) is 20.6 Å². The van der Waals surface area contributed by atoms with Crippen molar-refractivity contribution < 1.29 is 14.3 Å². The van der Waals surface area contributed by atoms with Crippen LogP contribution >= 0.6 is 0 Å². The zero-order valence-corrected chi connectivity index (χ0v) is 15.6. The molecule has 1 aromatic heterocycles. The second-order valence-electron chi connectivity index (χ2n) is 6.03. The van der Waals surface area contributed by atoms with Crippen LogP contribution in [0.15, 0.2) is 60.9 Å². The summed E-state index contributed by atoms with van der Waals surface area (Å²) in [6, 6.07) is 14.3. The van der Waals surface area contributed by atoms with E-state index in [0.717, 1.165) is 11.3 Å². The number of benzene rings is 2. The van der Waals surface area contributed by atoms with Crippen LogP contribution in [0.3, 0.4) is 0 Å². The van der Waals surface area contributed by atoms with Crippen LogP contribution < -0.4 is 10.6 Å². The SMILES string of the molecule is CCOC(=O)c1ccc(Nc2cnc(C(=O)Nc3cccc(C)c3)cn2)cc1. The van der Waals surface area contributed by atoms with Crippen LogP contribution in [-0.4, -0.2) is 28.5 Å². The first kappa shape index (κ1) is 19.0. The molecule has 0 radical (unpaired) electrons. The highest BCUT2D eigenvalue weighted by Crippen LogP contribution is 2.16. The van der Waals surface area contributed by atoms with Gasteiger partial charge in [0.2, 0.25) is 0 Å². The van der Waals surface area contributed by atoms with E-state index in [1.165, 1.54) is 12.4 Å². The van der Waals surface area contributed by atoms with Crippen molar-refractivity contribution in [2.24, 2.45) is 0 Å². The summed E-state index contributed by atoms with van der Waals surface area (Å²) in [5, 5.41) is 5.86. The summed E-state index contributed by atoms with van der Waals surface area (Å²) in [4.78, 5) is 32.3. The molecule has 7 heteroatoms. The molecule has 7 nitrogen and oxygen atoms in total. The first-order chi connectivity index (χ1) is 13.5. The predicted octanol–water partition coefficient (Wildman–Crippen LogP) is 3.96. The number of aryl methyl sites for hydroxylation is 1. The third-order valence-corrected chi connectivity index (χ3v) is 3.83. The third kappa shape index (κ3) is 4.91. The largest absolute Gasteiger partial charge is 0.462 e. The number of aromatic nitrogens is 2. The highest BCUT2D eigenvalue weighted by atomic mass is 16.5. The Bertz CT molecular complexity index is 970. The number of nitrogens with zero attached hydrogens (tertiary/aromatic N) is 2. The monoisotopic (exact) mass is 376 g/mol. The fraction of sp³-hybridized carbons (Fsp3) is 0.143. The molecule has 0 spiro atoms. The molecule has 0 saturated heterocycles. The third-order valence-electron chi connectivity index (χ3n) is 3.83. The van der Waals surface area contributed by atoms with E-state index in [9.17, 15) is 9.59 Å². The molecular weight excluding hydrogens is 356 g/mol.